The van der Waals surface area contributed by atoms with Crippen LogP contribution >= 0.6 is 0 Å². The van der Waals surface area contributed by atoms with Crippen molar-refractivity contribution in [2.24, 2.45) is 0 Å². The van der Waals surface area contributed by atoms with E-state index >= 15 is 0 Å². The Morgan fingerprint density at radius 1 is 1.29 bits per heavy atom. The van der Waals surface area contributed by atoms with Crippen LogP contribution in [0.3, 0.4) is 0 Å². The van der Waals surface area contributed by atoms with Crippen LogP contribution < -0.4 is 15.4 Å². The van der Waals surface area contributed by atoms with E-state index in [2.05, 4.69) is 10.6 Å². The molecule has 1 amide bonds. The number of rotatable bonds is 4. The predicted molar refractivity (Wildman–Crippen MR) is 82.8 cm³/mol. The zero-order valence-electron chi connectivity index (χ0n) is 13.4. The molecule has 21 heavy (non-hydrogen) atoms. The topological polar surface area (TPSA) is 59.6 Å². The Morgan fingerprint density at radius 3 is 2.43 bits per heavy atom. The second-order valence-electron chi connectivity index (χ2n) is 6.37. The zero-order chi connectivity index (χ0) is 15.7. The summed E-state index contributed by atoms with van der Waals surface area (Å²) in [6.45, 7) is 5.52. The number of anilines is 1. The molecule has 116 valence electrons. The van der Waals surface area contributed by atoms with Crippen molar-refractivity contribution >= 4 is 11.8 Å². The van der Waals surface area contributed by atoms with Crippen molar-refractivity contribution in [3.05, 3.63) is 23.8 Å². The van der Waals surface area contributed by atoms with Gasteiger partial charge >= 0.3 is 6.09 Å². The fourth-order valence-electron chi connectivity index (χ4n) is 2.36. The lowest BCUT2D eigenvalue weighted by Gasteiger charge is -2.21. The van der Waals surface area contributed by atoms with Crippen molar-refractivity contribution in [1.29, 1.82) is 0 Å². The Bertz CT molecular complexity index is 531. The van der Waals surface area contributed by atoms with Crippen LogP contribution in [0.25, 0.3) is 0 Å². The molecule has 0 radical (unpaired) electrons. The third-order valence-electron chi connectivity index (χ3n) is 3.59. The molecule has 5 heteroatoms. The van der Waals surface area contributed by atoms with Crippen LogP contribution in [-0.2, 0) is 10.3 Å². The summed E-state index contributed by atoms with van der Waals surface area (Å²) in [5.41, 5.74) is 1.24. The molecule has 1 aliphatic carbocycles. The summed E-state index contributed by atoms with van der Waals surface area (Å²) in [5, 5.41) is 6.11. The molecule has 0 saturated heterocycles. The molecule has 2 rings (SSSR count). The van der Waals surface area contributed by atoms with Crippen LogP contribution in [0.4, 0.5) is 10.5 Å². The normalized spacial score (nSPS) is 16.2. The monoisotopic (exact) mass is 292 g/mol. The Hall–Kier alpha value is -1.75. The number of hydrogen-bond acceptors (Lipinski definition) is 4. The first kappa shape index (κ1) is 15.6. The van der Waals surface area contributed by atoms with E-state index in [4.69, 9.17) is 9.47 Å². The molecular formula is C16H24N2O3. The Labute approximate surface area is 126 Å². The Morgan fingerprint density at radius 2 is 1.95 bits per heavy atom. The second-order valence-corrected chi connectivity index (χ2v) is 6.37. The lowest BCUT2D eigenvalue weighted by molar-refractivity contribution is 0.0636. The zero-order valence-corrected chi connectivity index (χ0v) is 13.4. The largest absolute Gasteiger partial charge is 0.496 e. The van der Waals surface area contributed by atoms with Gasteiger partial charge in [-0.25, -0.2) is 4.79 Å². The standard InChI is InChI=1S/C16H24N2O3/c1-15(2,3)21-14(19)18-11-6-7-13(20-5)12(10-11)16(17-4)8-9-16/h6-7,10,17H,8-9H2,1-5H3,(H,18,19). The predicted octanol–water partition coefficient (Wildman–Crippen LogP) is 3.25. The average molecular weight is 292 g/mol. The maximum Gasteiger partial charge on any atom is 0.412 e. The van der Waals surface area contributed by atoms with E-state index in [1.54, 1.807) is 7.11 Å². The SMILES string of the molecule is CNC1(c2cc(NC(=O)OC(C)(C)C)ccc2OC)CC1. The van der Waals surface area contributed by atoms with E-state index in [9.17, 15) is 4.79 Å². The van der Waals surface area contributed by atoms with Gasteiger partial charge in [-0.15, -0.1) is 0 Å². The number of nitrogens with one attached hydrogen (secondary N) is 2. The summed E-state index contributed by atoms with van der Waals surface area (Å²) >= 11 is 0. The molecule has 1 aliphatic rings. The minimum atomic E-state index is -0.512. The van der Waals surface area contributed by atoms with Gasteiger partial charge in [0.1, 0.15) is 11.4 Å². The molecule has 1 fully saturated rings. The third-order valence-corrected chi connectivity index (χ3v) is 3.59. The van der Waals surface area contributed by atoms with E-state index in [1.807, 2.05) is 46.0 Å². The van der Waals surface area contributed by atoms with E-state index in [-0.39, 0.29) is 5.54 Å². The van der Waals surface area contributed by atoms with Gasteiger partial charge in [0.2, 0.25) is 0 Å². The molecule has 0 aromatic heterocycles. The van der Waals surface area contributed by atoms with Crippen LogP contribution in [0.15, 0.2) is 18.2 Å². The van der Waals surface area contributed by atoms with E-state index in [0.717, 1.165) is 24.2 Å². The van der Waals surface area contributed by atoms with Crippen molar-refractivity contribution in [2.45, 2.75) is 44.8 Å². The van der Waals surface area contributed by atoms with E-state index in [0.29, 0.717) is 5.69 Å². The molecule has 5 nitrogen and oxygen atoms in total. The highest BCUT2D eigenvalue weighted by atomic mass is 16.6. The van der Waals surface area contributed by atoms with Crippen LogP contribution in [0.5, 0.6) is 5.75 Å². The first-order valence-electron chi connectivity index (χ1n) is 7.17. The average Bonchev–Trinajstić information content (AvgIpc) is 3.17. The molecule has 0 bridgehead atoms. The molecule has 2 N–H and O–H groups in total. The van der Waals surface area contributed by atoms with Gasteiger partial charge < -0.3 is 14.8 Å². The van der Waals surface area contributed by atoms with E-state index < -0.39 is 11.7 Å². The number of ether oxygens (including phenoxy) is 2. The number of hydrogen-bond donors (Lipinski definition) is 2. The molecule has 0 aliphatic heterocycles. The number of benzene rings is 1. The highest BCUT2D eigenvalue weighted by Crippen LogP contribution is 2.49. The number of methoxy groups -OCH3 is 1. The summed E-state index contributed by atoms with van der Waals surface area (Å²) < 4.78 is 10.7. The number of carbonyl (C=O) groups excluding carboxylic acids is 1. The van der Waals surface area contributed by atoms with Gasteiger partial charge in [0.15, 0.2) is 0 Å². The summed E-state index contributed by atoms with van der Waals surface area (Å²) in [7, 11) is 3.60. The fourth-order valence-corrected chi connectivity index (χ4v) is 2.36. The van der Waals surface area contributed by atoms with Crippen LogP contribution in [-0.4, -0.2) is 25.9 Å². The summed E-state index contributed by atoms with van der Waals surface area (Å²) in [6, 6.07) is 5.64. The Kier molecular flexibility index (Phi) is 4.14. The maximum absolute atomic E-state index is 11.8. The lowest BCUT2D eigenvalue weighted by atomic mass is 10.0. The van der Waals surface area contributed by atoms with Crippen molar-refractivity contribution in [1.82, 2.24) is 5.32 Å². The first-order chi connectivity index (χ1) is 9.79. The molecule has 0 unspecified atom stereocenters. The molecule has 1 saturated carbocycles. The van der Waals surface area contributed by atoms with Crippen molar-refractivity contribution < 1.29 is 14.3 Å². The second kappa shape index (κ2) is 5.56. The van der Waals surface area contributed by atoms with Crippen LogP contribution in [0, 0.1) is 0 Å². The van der Waals surface area contributed by atoms with Gasteiger partial charge in [0.05, 0.1) is 7.11 Å². The number of amides is 1. The molecule has 0 spiro atoms. The smallest absolute Gasteiger partial charge is 0.412 e. The molecule has 1 aromatic rings. The van der Waals surface area contributed by atoms with Crippen LogP contribution in [0.2, 0.25) is 0 Å². The Balaban J connectivity index is 2.19. The lowest BCUT2D eigenvalue weighted by Crippen LogP contribution is -2.28. The van der Waals surface area contributed by atoms with Gasteiger partial charge in [-0.2, -0.15) is 0 Å². The molecule has 0 atom stereocenters. The summed E-state index contributed by atoms with van der Waals surface area (Å²) in [4.78, 5) is 11.8. The van der Waals surface area contributed by atoms with Gasteiger partial charge in [0, 0.05) is 16.8 Å². The third kappa shape index (κ3) is 3.67. The van der Waals surface area contributed by atoms with Crippen molar-refractivity contribution in [3.63, 3.8) is 0 Å². The number of carbonyl (C=O) groups is 1. The molecule has 1 aromatic carbocycles. The quantitative estimate of drug-likeness (QED) is 0.894. The van der Waals surface area contributed by atoms with Gasteiger partial charge in [0.25, 0.3) is 0 Å². The van der Waals surface area contributed by atoms with Crippen LogP contribution in [0.1, 0.15) is 39.2 Å². The summed E-state index contributed by atoms with van der Waals surface area (Å²) in [6.07, 6.45) is 1.68. The van der Waals surface area contributed by atoms with Crippen molar-refractivity contribution in [2.75, 3.05) is 19.5 Å². The van der Waals surface area contributed by atoms with Gasteiger partial charge in [-0.1, -0.05) is 0 Å². The van der Waals surface area contributed by atoms with E-state index in [1.165, 1.54) is 0 Å². The fraction of sp³-hybridized carbons (Fsp3) is 0.562. The maximum atomic E-state index is 11.8. The molecule has 0 heterocycles. The first-order valence-corrected chi connectivity index (χ1v) is 7.17. The highest BCUT2D eigenvalue weighted by molar-refractivity contribution is 5.85. The minimum absolute atomic E-state index is 0.0308. The summed E-state index contributed by atoms with van der Waals surface area (Å²) in [5.74, 6) is 0.830. The highest BCUT2D eigenvalue weighted by Gasteiger charge is 2.44. The van der Waals surface area contributed by atoms with Gasteiger partial charge in [-0.3, -0.25) is 5.32 Å². The minimum Gasteiger partial charge on any atom is -0.496 e. The van der Waals surface area contributed by atoms with Crippen molar-refractivity contribution in [3.8, 4) is 5.75 Å². The molecular weight excluding hydrogens is 268 g/mol. The van der Waals surface area contributed by atoms with Gasteiger partial charge in [-0.05, 0) is 58.9 Å².